The molecule has 5 nitrogen and oxygen atoms in total. The van der Waals surface area contributed by atoms with Crippen LogP contribution in [0.15, 0.2) is 65.1 Å². The van der Waals surface area contributed by atoms with Crippen molar-refractivity contribution in [3.05, 3.63) is 81.0 Å². The predicted octanol–water partition coefficient (Wildman–Crippen LogP) is 4.68. The first-order chi connectivity index (χ1) is 13.6. The van der Waals surface area contributed by atoms with Crippen LogP contribution in [0.1, 0.15) is 16.0 Å². The van der Waals surface area contributed by atoms with Crippen molar-refractivity contribution in [2.24, 2.45) is 5.10 Å². The molecule has 0 aliphatic rings. The lowest BCUT2D eigenvalue weighted by Crippen LogP contribution is -2.19. The molecule has 0 spiro atoms. The Morgan fingerprint density at radius 2 is 2.00 bits per heavy atom. The van der Waals surface area contributed by atoms with E-state index in [0.29, 0.717) is 29.5 Å². The van der Waals surface area contributed by atoms with Gasteiger partial charge in [-0.25, -0.2) is 5.43 Å². The highest BCUT2D eigenvalue weighted by molar-refractivity contribution is 7.10. The summed E-state index contributed by atoms with van der Waals surface area (Å²) in [5.41, 5.74) is 4.32. The topological polar surface area (TPSA) is 59.9 Å². The maximum absolute atomic E-state index is 11.8. The summed E-state index contributed by atoms with van der Waals surface area (Å²) >= 11 is 7.43. The van der Waals surface area contributed by atoms with Gasteiger partial charge in [0.1, 0.15) is 6.61 Å². The lowest BCUT2D eigenvalue weighted by molar-refractivity contribution is -0.120. The predicted molar refractivity (Wildman–Crippen MR) is 113 cm³/mol. The number of halogens is 1. The van der Waals surface area contributed by atoms with Gasteiger partial charge in [0, 0.05) is 9.90 Å². The number of benzene rings is 2. The van der Waals surface area contributed by atoms with Crippen LogP contribution in [-0.4, -0.2) is 19.2 Å². The molecule has 0 saturated heterocycles. The highest BCUT2D eigenvalue weighted by atomic mass is 35.5. The van der Waals surface area contributed by atoms with Gasteiger partial charge < -0.3 is 9.47 Å². The largest absolute Gasteiger partial charge is 0.493 e. The lowest BCUT2D eigenvalue weighted by atomic mass is 10.2. The third kappa shape index (κ3) is 5.84. The molecule has 1 N–H and O–H groups in total. The molecule has 28 heavy (non-hydrogen) atoms. The number of ether oxygens (including phenoxy) is 2. The molecule has 1 aromatic heterocycles. The minimum atomic E-state index is -0.159. The normalized spacial score (nSPS) is 10.8. The number of nitrogens with one attached hydrogen (secondary N) is 1. The van der Waals surface area contributed by atoms with E-state index in [4.69, 9.17) is 21.1 Å². The summed E-state index contributed by atoms with van der Waals surface area (Å²) in [6.45, 7) is 0.403. The molecule has 0 bridgehead atoms. The molecule has 0 fully saturated rings. The first-order valence-electron chi connectivity index (χ1n) is 8.53. The van der Waals surface area contributed by atoms with E-state index in [1.165, 1.54) is 0 Å². The molecule has 144 valence electrons. The third-order valence-electron chi connectivity index (χ3n) is 3.81. The summed E-state index contributed by atoms with van der Waals surface area (Å²) in [7, 11) is 1.58. The van der Waals surface area contributed by atoms with E-state index in [2.05, 4.69) is 10.5 Å². The van der Waals surface area contributed by atoms with E-state index in [0.717, 1.165) is 16.0 Å². The smallest absolute Gasteiger partial charge is 0.245 e. The molecule has 0 radical (unpaired) electrons. The zero-order valence-corrected chi connectivity index (χ0v) is 16.8. The number of nitrogens with zero attached hydrogens (tertiary/aromatic N) is 1. The SMILES string of the molecule is COc1cc(/C=N\NC(=O)Cc2cccs2)ccc1OCc1ccc(Cl)cc1. The molecule has 3 rings (SSSR count). The molecular formula is C21H19ClN2O3S. The second kappa shape index (κ2) is 9.92. The highest BCUT2D eigenvalue weighted by Gasteiger charge is 2.06. The van der Waals surface area contributed by atoms with Crippen LogP contribution in [0.2, 0.25) is 5.02 Å². The van der Waals surface area contributed by atoms with Crippen LogP contribution in [0, 0.1) is 0 Å². The van der Waals surface area contributed by atoms with E-state index in [1.54, 1.807) is 30.7 Å². The van der Waals surface area contributed by atoms with Crippen LogP contribution in [0.4, 0.5) is 0 Å². The van der Waals surface area contributed by atoms with Crippen molar-refractivity contribution in [2.45, 2.75) is 13.0 Å². The third-order valence-corrected chi connectivity index (χ3v) is 4.94. The number of carbonyl (C=O) groups is 1. The van der Waals surface area contributed by atoms with Gasteiger partial charge in [-0.15, -0.1) is 11.3 Å². The Kier molecular flexibility index (Phi) is 7.06. The monoisotopic (exact) mass is 414 g/mol. The summed E-state index contributed by atoms with van der Waals surface area (Å²) in [5, 5.41) is 6.63. The number of hydrogen-bond acceptors (Lipinski definition) is 5. The average Bonchev–Trinajstić information content (AvgIpc) is 3.21. The van der Waals surface area contributed by atoms with Crippen molar-refractivity contribution in [3.63, 3.8) is 0 Å². The number of carbonyl (C=O) groups excluding carboxylic acids is 1. The van der Waals surface area contributed by atoms with Crippen LogP contribution in [0.25, 0.3) is 0 Å². The molecule has 3 aromatic rings. The van der Waals surface area contributed by atoms with Gasteiger partial charge in [-0.1, -0.05) is 29.8 Å². The van der Waals surface area contributed by atoms with E-state index in [-0.39, 0.29) is 5.91 Å². The Labute approximate surface area is 172 Å². The van der Waals surface area contributed by atoms with E-state index in [9.17, 15) is 4.79 Å². The minimum absolute atomic E-state index is 0.159. The van der Waals surface area contributed by atoms with Gasteiger partial charge in [0.2, 0.25) is 5.91 Å². The summed E-state index contributed by atoms with van der Waals surface area (Å²) in [6, 6.07) is 16.8. The van der Waals surface area contributed by atoms with Gasteiger partial charge in [0.15, 0.2) is 11.5 Å². The molecule has 0 saturated carbocycles. The van der Waals surface area contributed by atoms with E-state index >= 15 is 0 Å². The lowest BCUT2D eigenvalue weighted by Gasteiger charge is -2.11. The minimum Gasteiger partial charge on any atom is -0.493 e. The summed E-state index contributed by atoms with van der Waals surface area (Å²) < 4.78 is 11.2. The van der Waals surface area contributed by atoms with Crippen molar-refractivity contribution in [1.29, 1.82) is 0 Å². The number of hydrogen-bond donors (Lipinski definition) is 1. The molecule has 1 heterocycles. The summed E-state index contributed by atoms with van der Waals surface area (Å²) in [5.74, 6) is 1.05. The number of methoxy groups -OCH3 is 1. The fourth-order valence-electron chi connectivity index (χ4n) is 2.42. The first kappa shape index (κ1) is 19.9. The number of hydrazone groups is 1. The molecule has 0 aliphatic carbocycles. The van der Waals surface area contributed by atoms with Crippen LogP contribution in [0.3, 0.4) is 0 Å². The molecule has 0 unspecified atom stereocenters. The maximum Gasteiger partial charge on any atom is 0.245 e. The Morgan fingerprint density at radius 3 is 2.71 bits per heavy atom. The quantitative estimate of drug-likeness (QED) is 0.430. The zero-order chi connectivity index (χ0) is 19.8. The van der Waals surface area contributed by atoms with Crippen molar-refractivity contribution in [2.75, 3.05) is 7.11 Å². The van der Waals surface area contributed by atoms with Gasteiger partial charge in [-0.3, -0.25) is 4.79 Å². The number of amides is 1. The van der Waals surface area contributed by atoms with Crippen LogP contribution < -0.4 is 14.9 Å². The van der Waals surface area contributed by atoms with Gasteiger partial charge >= 0.3 is 0 Å². The molecule has 0 aliphatic heterocycles. The van der Waals surface area contributed by atoms with Gasteiger partial charge in [0.05, 0.1) is 19.7 Å². The molecular weight excluding hydrogens is 396 g/mol. The number of thiophene rings is 1. The molecule has 7 heteroatoms. The summed E-state index contributed by atoms with van der Waals surface area (Å²) in [4.78, 5) is 12.8. The molecule has 1 amide bonds. The van der Waals surface area contributed by atoms with Crippen molar-refractivity contribution in [1.82, 2.24) is 5.43 Å². The van der Waals surface area contributed by atoms with E-state index < -0.39 is 0 Å². The second-order valence-electron chi connectivity index (χ2n) is 5.87. The van der Waals surface area contributed by atoms with Crippen molar-refractivity contribution < 1.29 is 14.3 Å². The van der Waals surface area contributed by atoms with Crippen molar-refractivity contribution >= 4 is 35.1 Å². The second-order valence-corrected chi connectivity index (χ2v) is 7.34. The number of rotatable bonds is 8. The average molecular weight is 415 g/mol. The van der Waals surface area contributed by atoms with Crippen LogP contribution >= 0.6 is 22.9 Å². The Bertz CT molecular complexity index is 941. The van der Waals surface area contributed by atoms with Gasteiger partial charge in [-0.05, 0) is 52.9 Å². The van der Waals surface area contributed by atoms with E-state index in [1.807, 2.05) is 53.9 Å². The highest BCUT2D eigenvalue weighted by Crippen LogP contribution is 2.28. The van der Waals surface area contributed by atoms with Gasteiger partial charge in [0.25, 0.3) is 0 Å². The molecule has 0 atom stereocenters. The van der Waals surface area contributed by atoms with Crippen LogP contribution in [0.5, 0.6) is 11.5 Å². The standard InChI is InChI=1S/C21H19ClN2O3S/c1-26-20-11-16(13-23-24-21(25)12-18-3-2-10-28-18)6-9-19(20)27-14-15-4-7-17(22)8-5-15/h2-11,13H,12,14H2,1H3,(H,24,25)/b23-13-. The zero-order valence-electron chi connectivity index (χ0n) is 15.2. The Morgan fingerprint density at radius 1 is 1.18 bits per heavy atom. The first-order valence-corrected chi connectivity index (χ1v) is 9.79. The fourth-order valence-corrected chi connectivity index (χ4v) is 3.24. The van der Waals surface area contributed by atoms with Crippen LogP contribution in [-0.2, 0) is 17.8 Å². The fraction of sp³-hybridized carbons (Fsp3) is 0.143. The van der Waals surface area contributed by atoms with Crippen molar-refractivity contribution in [3.8, 4) is 11.5 Å². The Balaban J connectivity index is 1.57. The Hall–Kier alpha value is -2.83. The summed E-state index contributed by atoms with van der Waals surface area (Å²) in [6.07, 6.45) is 1.88. The molecule has 2 aromatic carbocycles. The maximum atomic E-state index is 11.8. The van der Waals surface area contributed by atoms with Gasteiger partial charge in [-0.2, -0.15) is 5.10 Å².